The summed E-state index contributed by atoms with van der Waals surface area (Å²) in [7, 11) is 2.09. The maximum absolute atomic E-state index is 9.13. The Morgan fingerprint density at radius 2 is 2.25 bits per heavy atom. The molecule has 3 heteroatoms. The molecule has 2 unspecified atom stereocenters. The molecule has 16 heavy (non-hydrogen) atoms. The summed E-state index contributed by atoms with van der Waals surface area (Å²) >= 11 is 1.95. The fraction of sp³-hybridized carbons (Fsp3) is 0.538. The number of thioether (sulfide) groups is 1. The van der Waals surface area contributed by atoms with Crippen LogP contribution < -0.4 is 0 Å². The molecule has 1 aliphatic rings. The summed E-state index contributed by atoms with van der Waals surface area (Å²) in [4.78, 5) is 3.67. The van der Waals surface area contributed by atoms with Crippen LogP contribution in [0.25, 0.3) is 0 Å². The molecule has 0 bridgehead atoms. The third kappa shape index (κ3) is 2.42. The van der Waals surface area contributed by atoms with Crippen molar-refractivity contribution in [2.75, 3.05) is 26.0 Å². The van der Waals surface area contributed by atoms with Crippen LogP contribution in [0.15, 0.2) is 29.2 Å². The molecule has 1 aromatic carbocycles. The molecule has 0 saturated carbocycles. The average molecular weight is 237 g/mol. The van der Waals surface area contributed by atoms with E-state index < -0.39 is 0 Å². The van der Waals surface area contributed by atoms with Gasteiger partial charge in [-0.05, 0) is 25.6 Å². The first kappa shape index (κ1) is 12.0. The van der Waals surface area contributed by atoms with Gasteiger partial charge in [0.05, 0.1) is 6.61 Å². The molecule has 0 fully saturated rings. The highest BCUT2D eigenvalue weighted by Gasteiger charge is 2.24. The number of likely N-dealkylation sites (N-methyl/N-ethyl adjacent to an activating group) is 1. The van der Waals surface area contributed by atoms with Gasteiger partial charge in [-0.25, -0.2) is 0 Å². The standard InChI is InChI=1S/C13H19NOS/c1-10(8-15)14(2)7-11-9-16-13-6-4-3-5-12(11)13/h3-6,10-11,15H,7-9H2,1-2H3. The molecule has 2 rings (SSSR count). The molecule has 1 aliphatic heterocycles. The number of benzene rings is 1. The maximum Gasteiger partial charge on any atom is 0.0584 e. The van der Waals surface area contributed by atoms with Gasteiger partial charge in [-0.2, -0.15) is 0 Å². The molecule has 0 aliphatic carbocycles. The first-order valence-electron chi connectivity index (χ1n) is 5.75. The predicted molar refractivity (Wildman–Crippen MR) is 69.1 cm³/mol. The SMILES string of the molecule is CC(CO)N(C)CC1CSc2ccccc21. The molecule has 1 N–H and O–H groups in total. The van der Waals surface area contributed by atoms with Gasteiger partial charge in [-0.3, -0.25) is 0 Å². The predicted octanol–water partition coefficient (Wildman–Crippen LogP) is 2.19. The molecule has 0 aromatic heterocycles. The highest BCUT2D eigenvalue weighted by molar-refractivity contribution is 7.99. The van der Waals surface area contributed by atoms with E-state index in [0.717, 1.165) is 6.54 Å². The van der Waals surface area contributed by atoms with Crippen LogP contribution in [0.2, 0.25) is 0 Å². The zero-order valence-electron chi connectivity index (χ0n) is 9.89. The fourth-order valence-corrected chi connectivity index (χ4v) is 3.29. The lowest BCUT2D eigenvalue weighted by Crippen LogP contribution is -2.35. The van der Waals surface area contributed by atoms with E-state index in [2.05, 4.69) is 43.1 Å². The Bertz CT molecular complexity index is 356. The Labute approximate surface area is 102 Å². The first-order chi connectivity index (χ1) is 7.72. The molecule has 1 aromatic rings. The molecule has 2 atom stereocenters. The Morgan fingerprint density at radius 3 is 3.00 bits per heavy atom. The third-order valence-corrected chi connectivity index (χ3v) is 4.58. The lowest BCUT2D eigenvalue weighted by molar-refractivity contribution is 0.155. The number of aliphatic hydroxyl groups excluding tert-OH is 1. The number of fused-ring (bicyclic) bond motifs is 1. The van der Waals surface area contributed by atoms with Crippen molar-refractivity contribution in [1.82, 2.24) is 4.90 Å². The molecule has 0 spiro atoms. The highest BCUT2D eigenvalue weighted by atomic mass is 32.2. The van der Waals surface area contributed by atoms with Crippen molar-refractivity contribution in [2.45, 2.75) is 23.8 Å². The van der Waals surface area contributed by atoms with E-state index in [0.29, 0.717) is 5.92 Å². The Kier molecular flexibility index (Phi) is 3.90. The number of hydrogen-bond donors (Lipinski definition) is 1. The normalized spacial score (nSPS) is 21.1. The van der Waals surface area contributed by atoms with E-state index in [1.807, 2.05) is 11.8 Å². The molecule has 0 saturated heterocycles. The van der Waals surface area contributed by atoms with Crippen molar-refractivity contribution >= 4 is 11.8 Å². The summed E-state index contributed by atoms with van der Waals surface area (Å²) in [5.74, 6) is 1.78. The topological polar surface area (TPSA) is 23.5 Å². The van der Waals surface area contributed by atoms with Crippen LogP contribution >= 0.6 is 11.8 Å². The van der Waals surface area contributed by atoms with Gasteiger partial charge in [0, 0.05) is 29.2 Å². The van der Waals surface area contributed by atoms with Gasteiger partial charge >= 0.3 is 0 Å². The zero-order valence-corrected chi connectivity index (χ0v) is 10.7. The summed E-state index contributed by atoms with van der Waals surface area (Å²) in [5.41, 5.74) is 1.48. The van der Waals surface area contributed by atoms with Gasteiger partial charge in [0.2, 0.25) is 0 Å². The molecule has 88 valence electrons. The minimum atomic E-state index is 0.234. The molecule has 0 radical (unpaired) electrons. The third-order valence-electron chi connectivity index (χ3n) is 3.32. The van der Waals surface area contributed by atoms with Crippen LogP contribution in [0.1, 0.15) is 18.4 Å². The van der Waals surface area contributed by atoms with Crippen molar-refractivity contribution < 1.29 is 5.11 Å². The van der Waals surface area contributed by atoms with E-state index in [4.69, 9.17) is 5.11 Å². The van der Waals surface area contributed by atoms with Crippen molar-refractivity contribution in [3.63, 3.8) is 0 Å². The second-order valence-corrected chi connectivity index (χ2v) is 5.58. The zero-order chi connectivity index (χ0) is 11.5. The summed E-state index contributed by atoms with van der Waals surface area (Å²) in [6.45, 7) is 3.33. The minimum absolute atomic E-state index is 0.234. The van der Waals surface area contributed by atoms with Crippen molar-refractivity contribution in [3.8, 4) is 0 Å². The van der Waals surface area contributed by atoms with Gasteiger partial charge in [-0.15, -0.1) is 11.8 Å². The average Bonchev–Trinajstić information content (AvgIpc) is 2.72. The summed E-state index contributed by atoms with van der Waals surface area (Å²) in [6, 6.07) is 8.91. The first-order valence-corrected chi connectivity index (χ1v) is 6.73. The largest absolute Gasteiger partial charge is 0.395 e. The highest BCUT2D eigenvalue weighted by Crippen LogP contribution is 2.39. The van der Waals surface area contributed by atoms with Gasteiger partial charge in [-0.1, -0.05) is 18.2 Å². The quantitative estimate of drug-likeness (QED) is 0.868. The van der Waals surface area contributed by atoms with Crippen LogP contribution in [0.4, 0.5) is 0 Å². The van der Waals surface area contributed by atoms with Gasteiger partial charge in [0.15, 0.2) is 0 Å². The van der Waals surface area contributed by atoms with Gasteiger partial charge in [0.25, 0.3) is 0 Å². The van der Waals surface area contributed by atoms with E-state index in [-0.39, 0.29) is 12.6 Å². The Morgan fingerprint density at radius 1 is 1.50 bits per heavy atom. The second-order valence-electron chi connectivity index (χ2n) is 4.52. The Hall–Kier alpha value is -0.510. The van der Waals surface area contributed by atoms with Crippen LogP contribution in [-0.4, -0.2) is 42.0 Å². The summed E-state index contributed by atoms with van der Waals surface area (Å²) < 4.78 is 0. The van der Waals surface area contributed by atoms with Crippen LogP contribution in [0.3, 0.4) is 0 Å². The monoisotopic (exact) mass is 237 g/mol. The van der Waals surface area contributed by atoms with Crippen LogP contribution in [0.5, 0.6) is 0 Å². The summed E-state index contributed by atoms with van der Waals surface area (Å²) in [6.07, 6.45) is 0. The molecule has 2 nitrogen and oxygen atoms in total. The fourth-order valence-electron chi connectivity index (χ4n) is 2.05. The molecular formula is C13H19NOS. The number of aliphatic hydroxyl groups is 1. The van der Waals surface area contributed by atoms with Crippen molar-refractivity contribution in [1.29, 1.82) is 0 Å². The van der Waals surface area contributed by atoms with E-state index in [1.165, 1.54) is 16.2 Å². The Balaban J connectivity index is 2.03. The number of hydrogen-bond acceptors (Lipinski definition) is 3. The minimum Gasteiger partial charge on any atom is -0.395 e. The summed E-state index contributed by atoms with van der Waals surface area (Å²) in [5, 5.41) is 9.13. The van der Waals surface area contributed by atoms with E-state index in [1.54, 1.807) is 0 Å². The maximum atomic E-state index is 9.13. The number of nitrogens with zero attached hydrogens (tertiary/aromatic N) is 1. The second kappa shape index (κ2) is 5.21. The lowest BCUT2D eigenvalue weighted by atomic mass is 10.0. The lowest BCUT2D eigenvalue weighted by Gasteiger charge is -2.26. The number of rotatable bonds is 4. The van der Waals surface area contributed by atoms with E-state index in [9.17, 15) is 0 Å². The van der Waals surface area contributed by atoms with Crippen molar-refractivity contribution in [2.24, 2.45) is 0 Å². The van der Waals surface area contributed by atoms with Gasteiger partial charge in [0.1, 0.15) is 0 Å². The van der Waals surface area contributed by atoms with Gasteiger partial charge < -0.3 is 10.0 Å². The smallest absolute Gasteiger partial charge is 0.0584 e. The van der Waals surface area contributed by atoms with Crippen molar-refractivity contribution in [3.05, 3.63) is 29.8 Å². The molecule has 0 amide bonds. The molecule has 1 heterocycles. The van der Waals surface area contributed by atoms with Crippen LogP contribution in [-0.2, 0) is 0 Å². The molecular weight excluding hydrogens is 218 g/mol. The van der Waals surface area contributed by atoms with Crippen LogP contribution in [0, 0.1) is 0 Å². The van der Waals surface area contributed by atoms with E-state index >= 15 is 0 Å².